The summed E-state index contributed by atoms with van der Waals surface area (Å²) in [5.41, 5.74) is 0. The second-order valence-electron chi connectivity index (χ2n) is 0.983. The van der Waals surface area contributed by atoms with Crippen molar-refractivity contribution in [3.8, 4) is 0 Å². The molecule has 6 heteroatoms. The van der Waals surface area contributed by atoms with Crippen LogP contribution >= 0.6 is 0 Å². The molecular formula is C4H6KNaO4. The van der Waals surface area contributed by atoms with E-state index in [9.17, 15) is 0 Å². The minimum absolute atomic E-state index is 0. The van der Waals surface area contributed by atoms with E-state index < -0.39 is 11.9 Å². The van der Waals surface area contributed by atoms with Crippen LogP contribution < -0.4 is 91.2 Å². The van der Waals surface area contributed by atoms with Crippen molar-refractivity contribution in [3.05, 3.63) is 0 Å². The number of aliphatic carboxylic acids is 2. The normalized spacial score (nSPS) is 5.00. The Morgan fingerprint density at radius 1 is 1.00 bits per heavy atom. The van der Waals surface area contributed by atoms with Crippen LogP contribution in [0.4, 0.5) is 0 Å². The first-order chi connectivity index (χ1) is 3.46. The minimum Gasteiger partial charge on any atom is -0.550 e. The summed E-state index contributed by atoms with van der Waals surface area (Å²) in [7, 11) is 0. The Kier molecular flexibility index (Phi) is 38.1. The van der Waals surface area contributed by atoms with Gasteiger partial charge in [-0.1, -0.05) is 0 Å². The van der Waals surface area contributed by atoms with Crippen molar-refractivity contribution in [3.63, 3.8) is 0 Å². The molecule has 48 valence electrons. The third-order valence-electron chi connectivity index (χ3n) is 0. The predicted octanol–water partition coefficient (Wildman–Crippen LogP) is -8.48. The van der Waals surface area contributed by atoms with Gasteiger partial charge in [-0.15, -0.1) is 0 Å². The number of hydrogen-bond donors (Lipinski definition) is 0. The minimum atomic E-state index is -1.08. The smallest absolute Gasteiger partial charge is 0.550 e. The maximum absolute atomic E-state index is 8.89. The zero-order valence-electron chi connectivity index (χ0n) is 6.63. The van der Waals surface area contributed by atoms with Crippen molar-refractivity contribution in [2.24, 2.45) is 0 Å². The Hall–Kier alpha value is 1.58. The molecular weight excluding hydrogens is 174 g/mol. The summed E-state index contributed by atoms with van der Waals surface area (Å²) in [6.45, 7) is 1.94. The fraction of sp³-hybridized carbons (Fsp3) is 0.500. The number of carboxylic acid groups (broad SMARTS) is 2. The van der Waals surface area contributed by atoms with E-state index in [1.165, 1.54) is 0 Å². The Labute approximate surface area is 124 Å². The molecule has 0 spiro atoms. The summed E-state index contributed by atoms with van der Waals surface area (Å²) >= 11 is 0. The molecule has 0 fully saturated rings. The average Bonchev–Trinajstić information content (AvgIpc) is 1.25. The van der Waals surface area contributed by atoms with Gasteiger partial charge >= 0.3 is 80.9 Å². The van der Waals surface area contributed by atoms with Crippen LogP contribution in [0.5, 0.6) is 0 Å². The number of hydrogen-bond acceptors (Lipinski definition) is 4. The molecule has 0 saturated carbocycles. The maximum atomic E-state index is 8.89. The monoisotopic (exact) mass is 180 g/mol. The molecule has 0 saturated heterocycles. The Morgan fingerprint density at radius 3 is 1.00 bits per heavy atom. The quantitative estimate of drug-likeness (QED) is 0.347. The number of carboxylic acids is 2. The SMILES string of the molecule is CC(=O)[O-].CC(=O)[O-].[K+].[Na+]. The van der Waals surface area contributed by atoms with E-state index in [1.54, 1.807) is 0 Å². The second kappa shape index (κ2) is 16.9. The molecule has 0 unspecified atom stereocenters. The molecule has 0 bridgehead atoms. The zero-order chi connectivity index (χ0) is 7.15. The van der Waals surface area contributed by atoms with Gasteiger partial charge in [0, 0.05) is 11.9 Å². The molecule has 0 aliphatic rings. The Morgan fingerprint density at radius 2 is 1.00 bits per heavy atom. The van der Waals surface area contributed by atoms with E-state index >= 15 is 0 Å². The van der Waals surface area contributed by atoms with Gasteiger partial charge in [0.05, 0.1) is 0 Å². The molecule has 0 amide bonds. The first-order valence-corrected chi connectivity index (χ1v) is 1.82. The fourth-order valence-electron chi connectivity index (χ4n) is 0. The zero-order valence-corrected chi connectivity index (χ0v) is 11.8. The van der Waals surface area contributed by atoms with Gasteiger partial charge in [-0.25, -0.2) is 0 Å². The van der Waals surface area contributed by atoms with Crippen molar-refractivity contribution >= 4 is 11.9 Å². The van der Waals surface area contributed by atoms with Gasteiger partial charge in [-0.3, -0.25) is 0 Å². The summed E-state index contributed by atoms with van der Waals surface area (Å²) in [5.74, 6) is -2.17. The van der Waals surface area contributed by atoms with E-state index in [2.05, 4.69) is 0 Å². The molecule has 10 heavy (non-hydrogen) atoms. The van der Waals surface area contributed by atoms with E-state index in [0.717, 1.165) is 13.8 Å². The van der Waals surface area contributed by atoms with Crippen molar-refractivity contribution in [1.29, 1.82) is 0 Å². The van der Waals surface area contributed by atoms with Crippen LogP contribution in [0.2, 0.25) is 0 Å². The molecule has 4 nitrogen and oxygen atoms in total. The maximum Gasteiger partial charge on any atom is 1.00 e. The van der Waals surface area contributed by atoms with Crippen molar-refractivity contribution in [2.75, 3.05) is 0 Å². The Bertz CT molecular complexity index is 75.3. The molecule has 0 radical (unpaired) electrons. The van der Waals surface area contributed by atoms with E-state index in [0.29, 0.717) is 0 Å². The number of carbonyl (C=O) groups excluding carboxylic acids is 2. The van der Waals surface area contributed by atoms with Crippen LogP contribution in [0.15, 0.2) is 0 Å². The van der Waals surface area contributed by atoms with Crippen molar-refractivity contribution < 1.29 is 101 Å². The Balaban J connectivity index is -0.0000000300. The molecule has 0 atom stereocenters. The van der Waals surface area contributed by atoms with Crippen molar-refractivity contribution in [1.82, 2.24) is 0 Å². The molecule has 0 aliphatic heterocycles. The summed E-state index contributed by atoms with van der Waals surface area (Å²) in [4.78, 5) is 17.8. The number of carbonyl (C=O) groups is 2. The van der Waals surface area contributed by atoms with Crippen LogP contribution in [-0.2, 0) is 9.59 Å². The first-order valence-electron chi connectivity index (χ1n) is 1.82. The largest absolute Gasteiger partial charge is 1.00 e. The van der Waals surface area contributed by atoms with Gasteiger partial charge in [0.15, 0.2) is 0 Å². The summed E-state index contributed by atoms with van der Waals surface area (Å²) in [6, 6.07) is 0. The van der Waals surface area contributed by atoms with E-state index in [1.807, 2.05) is 0 Å². The van der Waals surface area contributed by atoms with Gasteiger partial charge in [0.2, 0.25) is 0 Å². The summed E-state index contributed by atoms with van der Waals surface area (Å²) in [6.07, 6.45) is 0. The fourth-order valence-corrected chi connectivity index (χ4v) is 0. The van der Waals surface area contributed by atoms with Crippen LogP contribution in [0.3, 0.4) is 0 Å². The van der Waals surface area contributed by atoms with Gasteiger partial charge in [0.1, 0.15) is 0 Å². The topological polar surface area (TPSA) is 80.3 Å². The molecule has 0 aromatic rings. The first kappa shape index (κ1) is 22.6. The van der Waals surface area contributed by atoms with Gasteiger partial charge in [-0.2, -0.15) is 0 Å². The third-order valence-corrected chi connectivity index (χ3v) is 0. The van der Waals surface area contributed by atoms with E-state index in [4.69, 9.17) is 19.8 Å². The molecule has 0 rings (SSSR count). The van der Waals surface area contributed by atoms with Crippen LogP contribution in [0, 0.1) is 0 Å². The average molecular weight is 180 g/mol. The van der Waals surface area contributed by atoms with Gasteiger partial charge in [-0.05, 0) is 13.8 Å². The molecule has 0 aliphatic carbocycles. The summed E-state index contributed by atoms with van der Waals surface area (Å²) < 4.78 is 0. The standard InChI is InChI=1S/2C2H4O2.K.Na/c2*1-2(3)4;;/h2*1H3,(H,3,4);;/q;;2*+1/p-2. The van der Waals surface area contributed by atoms with Crippen LogP contribution in [0.25, 0.3) is 0 Å². The van der Waals surface area contributed by atoms with Crippen LogP contribution in [0.1, 0.15) is 13.8 Å². The van der Waals surface area contributed by atoms with Gasteiger partial charge < -0.3 is 19.8 Å². The third kappa shape index (κ3) is 283. The molecule has 0 heterocycles. The van der Waals surface area contributed by atoms with Crippen molar-refractivity contribution in [2.45, 2.75) is 13.8 Å². The molecule has 0 aromatic carbocycles. The number of rotatable bonds is 0. The predicted molar refractivity (Wildman–Crippen MR) is 21.4 cm³/mol. The van der Waals surface area contributed by atoms with E-state index in [-0.39, 0.29) is 80.9 Å². The molecule has 0 N–H and O–H groups in total. The summed E-state index contributed by atoms with van der Waals surface area (Å²) in [5, 5.41) is 17.8. The second-order valence-corrected chi connectivity index (χ2v) is 0.983. The molecule has 0 aromatic heterocycles. The van der Waals surface area contributed by atoms with Gasteiger partial charge in [0.25, 0.3) is 0 Å². The van der Waals surface area contributed by atoms with Crippen LogP contribution in [-0.4, -0.2) is 11.9 Å².